The number of rotatable bonds is 0. The van der Waals surface area contributed by atoms with Crippen LogP contribution in [-0.2, 0) is 17.2 Å². The van der Waals surface area contributed by atoms with Crippen molar-refractivity contribution in [2.75, 3.05) is 6.54 Å². The maximum absolute atomic E-state index is 14.3. The van der Waals surface area contributed by atoms with Crippen molar-refractivity contribution in [1.29, 1.82) is 0 Å². The zero-order chi connectivity index (χ0) is 15.1. The monoisotopic (exact) mass is 283 g/mol. The number of aryl methyl sites for hydroxylation is 1. The van der Waals surface area contributed by atoms with Crippen LogP contribution in [0.5, 0.6) is 0 Å². The number of halogens is 2. The van der Waals surface area contributed by atoms with E-state index in [1.54, 1.807) is 45.9 Å². The number of nitrogens with zero attached hydrogens (tertiary/aromatic N) is 1. The van der Waals surface area contributed by atoms with Gasteiger partial charge in [-0.25, -0.2) is 4.79 Å². The molecule has 110 valence electrons. The smallest absolute Gasteiger partial charge is 0.410 e. The van der Waals surface area contributed by atoms with Crippen molar-refractivity contribution < 1.29 is 18.3 Å². The number of carbonyl (C=O) groups is 1. The van der Waals surface area contributed by atoms with Gasteiger partial charge < -0.3 is 4.74 Å². The largest absolute Gasteiger partial charge is 0.444 e. The van der Waals surface area contributed by atoms with E-state index >= 15 is 0 Å². The summed E-state index contributed by atoms with van der Waals surface area (Å²) in [6.45, 7) is 6.32. The Hall–Kier alpha value is -1.65. The number of benzene rings is 1. The van der Waals surface area contributed by atoms with Gasteiger partial charge in [0.1, 0.15) is 5.60 Å². The summed E-state index contributed by atoms with van der Waals surface area (Å²) in [6.07, 6.45) is -0.704. The number of hydrogen-bond acceptors (Lipinski definition) is 2. The number of ether oxygens (including phenoxy) is 1. The number of amides is 1. The van der Waals surface area contributed by atoms with Crippen LogP contribution in [0.4, 0.5) is 13.6 Å². The van der Waals surface area contributed by atoms with Gasteiger partial charge >= 0.3 is 6.09 Å². The van der Waals surface area contributed by atoms with Crippen LogP contribution in [-0.4, -0.2) is 23.1 Å². The Labute approximate surface area is 117 Å². The summed E-state index contributed by atoms with van der Waals surface area (Å²) in [5.41, 5.74) is 0.377. The predicted molar refractivity (Wildman–Crippen MR) is 71.7 cm³/mol. The number of hydrogen-bond donors (Lipinski definition) is 0. The molecule has 0 atom stereocenters. The van der Waals surface area contributed by atoms with Gasteiger partial charge in [0.05, 0.1) is 6.54 Å². The van der Waals surface area contributed by atoms with Crippen LogP contribution in [0.15, 0.2) is 18.2 Å². The first-order chi connectivity index (χ1) is 9.10. The molecule has 3 nitrogen and oxygen atoms in total. The Morgan fingerprint density at radius 2 is 2.00 bits per heavy atom. The van der Waals surface area contributed by atoms with Crippen LogP contribution < -0.4 is 0 Å². The normalized spacial score (nSPS) is 17.6. The van der Waals surface area contributed by atoms with Gasteiger partial charge in [0.2, 0.25) is 0 Å². The summed E-state index contributed by atoms with van der Waals surface area (Å²) >= 11 is 0. The van der Waals surface area contributed by atoms with Crippen LogP contribution in [0.1, 0.15) is 37.5 Å². The molecule has 1 aliphatic rings. The minimum atomic E-state index is -3.05. The Bertz CT molecular complexity index is 535. The topological polar surface area (TPSA) is 29.5 Å². The third-order valence-electron chi connectivity index (χ3n) is 3.13. The van der Waals surface area contributed by atoms with E-state index in [0.717, 1.165) is 4.90 Å². The summed E-state index contributed by atoms with van der Waals surface area (Å²) in [6, 6.07) is 5.02. The van der Waals surface area contributed by atoms with E-state index in [0.29, 0.717) is 11.1 Å². The Morgan fingerprint density at radius 1 is 1.35 bits per heavy atom. The molecule has 0 saturated carbocycles. The summed E-state index contributed by atoms with van der Waals surface area (Å²) in [4.78, 5) is 13.0. The van der Waals surface area contributed by atoms with Crippen LogP contribution in [0, 0.1) is 6.92 Å². The lowest BCUT2D eigenvalue weighted by molar-refractivity contribution is -0.0596. The molecule has 0 bridgehead atoms. The SMILES string of the molecule is Cc1cccc2c1C(F)(F)CN(C(=O)OC(C)(C)C)C2. The molecular weight excluding hydrogens is 264 g/mol. The van der Waals surface area contributed by atoms with Crippen molar-refractivity contribution in [3.05, 3.63) is 34.9 Å². The molecule has 1 amide bonds. The Balaban J connectivity index is 2.29. The van der Waals surface area contributed by atoms with E-state index in [9.17, 15) is 13.6 Å². The van der Waals surface area contributed by atoms with Crippen LogP contribution in [0.2, 0.25) is 0 Å². The molecule has 1 aromatic carbocycles. The minimum absolute atomic E-state index is 0.0415. The first-order valence-corrected chi connectivity index (χ1v) is 6.55. The lowest BCUT2D eigenvalue weighted by Gasteiger charge is -2.36. The highest BCUT2D eigenvalue weighted by molar-refractivity contribution is 5.69. The van der Waals surface area contributed by atoms with Crippen LogP contribution in [0.25, 0.3) is 0 Å². The first-order valence-electron chi connectivity index (χ1n) is 6.55. The van der Waals surface area contributed by atoms with E-state index in [4.69, 9.17) is 4.74 Å². The quantitative estimate of drug-likeness (QED) is 0.724. The molecule has 0 unspecified atom stereocenters. The van der Waals surface area contributed by atoms with Gasteiger partial charge in [-0.15, -0.1) is 0 Å². The van der Waals surface area contributed by atoms with E-state index in [1.165, 1.54) is 0 Å². The zero-order valence-electron chi connectivity index (χ0n) is 12.2. The molecule has 1 heterocycles. The molecule has 2 rings (SSSR count). The highest BCUT2D eigenvalue weighted by atomic mass is 19.3. The van der Waals surface area contributed by atoms with Gasteiger partial charge in [-0.05, 0) is 38.8 Å². The fourth-order valence-corrected chi connectivity index (χ4v) is 2.42. The molecule has 0 radical (unpaired) electrons. The summed E-state index contributed by atoms with van der Waals surface area (Å²) < 4.78 is 33.7. The van der Waals surface area contributed by atoms with Crippen LogP contribution >= 0.6 is 0 Å². The van der Waals surface area contributed by atoms with Gasteiger partial charge in [-0.3, -0.25) is 4.90 Å². The second-order valence-corrected chi connectivity index (χ2v) is 6.15. The molecule has 0 spiro atoms. The zero-order valence-corrected chi connectivity index (χ0v) is 12.2. The molecule has 5 heteroatoms. The third-order valence-corrected chi connectivity index (χ3v) is 3.13. The van der Waals surface area contributed by atoms with Gasteiger partial charge in [0.15, 0.2) is 0 Å². The van der Waals surface area contributed by atoms with Crippen molar-refractivity contribution in [3.8, 4) is 0 Å². The number of alkyl halides is 2. The molecule has 0 aliphatic carbocycles. The molecule has 1 aromatic rings. The van der Waals surface area contributed by atoms with E-state index in [2.05, 4.69) is 0 Å². The second-order valence-electron chi connectivity index (χ2n) is 6.15. The molecule has 0 aromatic heterocycles. The van der Waals surface area contributed by atoms with Gasteiger partial charge in [0, 0.05) is 12.1 Å². The molecule has 0 fully saturated rings. The highest BCUT2D eigenvalue weighted by Gasteiger charge is 2.43. The summed E-state index contributed by atoms with van der Waals surface area (Å²) in [5, 5.41) is 0. The molecule has 20 heavy (non-hydrogen) atoms. The fourth-order valence-electron chi connectivity index (χ4n) is 2.42. The standard InChI is InChI=1S/C15H19F2NO2/c1-10-6-5-7-11-8-18(9-15(16,17)12(10)11)13(19)20-14(2,3)4/h5-7H,8-9H2,1-4H3. The van der Waals surface area contributed by atoms with Crippen molar-refractivity contribution in [2.45, 2.75) is 45.8 Å². The molecular formula is C15H19F2NO2. The maximum Gasteiger partial charge on any atom is 0.410 e. The maximum atomic E-state index is 14.3. The summed E-state index contributed by atoms with van der Waals surface area (Å²) in [5.74, 6) is -3.05. The van der Waals surface area contributed by atoms with Crippen molar-refractivity contribution in [1.82, 2.24) is 4.90 Å². The number of fused-ring (bicyclic) bond motifs is 1. The predicted octanol–water partition coefficient (Wildman–Crippen LogP) is 3.84. The summed E-state index contributed by atoms with van der Waals surface area (Å²) in [7, 11) is 0. The second kappa shape index (κ2) is 4.72. The average Bonchev–Trinajstić information content (AvgIpc) is 2.24. The lowest BCUT2D eigenvalue weighted by Crippen LogP contribution is -2.46. The first kappa shape index (κ1) is 14.8. The van der Waals surface area contributed by atoms with E-state index in [-0.39, 0.29) is 12.1 Å². The highest BCUT2D eigenvalue weighted by Crippen LogP contribution is 2.38. The van der Waals surface area contributed by atoms with Gasteiger partial charge in [0.25, 0.3) is 5.92 Å². The van der Waals surface area contributed by atoms with E-state index < -0.39 is 24.2 Å². The Morgan fingerprint density at radius 3 is 2.60 bits per heavy atom. The van der Waals surface area contributed by atoms with Gasteiger partial charge in [-0.2, -0.15) is 8.78 Å². The lowest BCUT2D eigenvalue weighted by atomic mass is 9.92. The van der Waals surface area contributed by atoms with Crippen molar-refractivity contribution in [2.24, 2.45) is 0 Å². The fraction of sp³-hybridized carbons (Fsp3) is 0.533. The van der Waals surface area contributed by atoms with Gasteiger partial charge in [-0.1, -0.05) is 18.2 Å². The Kier molecular flexibility index (Phi) is 3.48. The molecule has 1 aliphatic heterocycles. The van der Waals surface area contributed by atoms with Crippen molar-refractivity contribution >= 4 is 6.09 Å². The third kappa shape index (κ3) is 2.92. The van der Waals surface area contributed by atoms with E-state index in [1.807, 2.05) is 0 Å². The average molecular weight is 283 g/mol. The van der Waals surface area contributed by atoms with Crippen molar-refractivity contribution in [3.63, 3.8) is 0 Å². The molecule has 0 N–H and O–H groups in total. The number of carbonyl (C=O) groups excluding carboxylic acids is 1. The molecule has 0 saturated heterocycles. The van der Waals surface area contributed by atoms with Crippen LogP contribution in [0.3, 0.4) is 0 Å². The minimum Gasteiger partial charge on any atom is -0.444 e.